The Labute approximate surface area is 202 Å². The highest BCUT2D eigenvalue weighted by Crippen LogP contribution is 2.40. The molecule has 0 aliphatic carbocycles. The zero-order valence-electron chi connectivity index (χ0n) is 19.6. The molecule has 35 heavy (non-hydrogen) atoms. The molecule has 4 rings (SSSR count). The number of hydrogen-bond donors (Lipinski definition) is 2. The summed E-state index contributed by atoms with van der Waals surface area (Å²) in [6.07, 6.45) is 3.03. The van der Waals surface area contributed by atoms with Crippen LogP contribution in [0.5, 0.6) is 11.5 Å². The van der Waals surface area contributed by atoms with Gasteiger partial charge in [-0.25, -0.2) is 4.79 Å². The zero-order valence-corrected chi connectivity index (χ0v) is 19.6. The van der Waals surface area contributed by atoms with Crippen molar-refractivity contribution in [3.63, 3.8) is 0 Å². The fourth-order valence-electron chi connectivity index (χ4n) is 4.00. The first-order chi connectivity index (χ1) is 16.9. The highest BCUT2D eigenvalue weighted by molar-refractivity contribution is 6.01. The minimum atomic E-state index is -1.16. The lowest BCUT2D eigenvalue weighted by molar-refractivity contribution is -0.141. The van der Waals surface area contributed by atoms with Crippen LogP contribution in [0, 0.1) is 0 Å². The van der Waals surface area contributed by atoms with E-state index in [4.69, 9.17) is 13.9 Å². The van der Waals surface area contributed by atoms with Crippen LogP contribution in [0.1, 0.15) is 24.1 Å². The maximum absolute atomic E-state index is 12.8. The molecule has 0 fully saturated rings. The molecule has 0 bridgehead atoms. The Bertz CT molecular complexity index is 1400. The van der Waals surface area contributed by atoms with Crippen LogP contribution in [0.3, 0.4) is 0 Å². The first-order valence-electron chi connectivity index (χ1n) is 10.9. The second-order valence-corrected chi connectivity index (χ2v) is 7.92. The minimum absolute atomic E-state index is 0.484. The van der Waals surface area contributed by atoms with Gasteiger partial charge < -0.3 is 24.3 Å². The quantitative estimate of drug-likeness (QED) is 0.331. The van der Waals surface area contributed by atoms with Crippen LogP contribution < -0.4 is 14.8 Å². The number of fused-ring (bicyclic) bond motifs is 1. The van der Waals surface area contributed by atoms with Crippen molar-refractivity contribution in [2.45, 2.75) is 13.0 Å². The smallest absolute Gasteiger partial charge is 0.330 e. The number of carboxylic acids is 1. The van der Waals surface area contributed by atoms with Crippen molar-refractivity contribution in [2.24, 2.45) is 0 Å². The summed E-state index contributed by atoms with van der Waals surface area (Å²) in [5.41, 5.74) is 4.10. The molecule has 7 heteroatoms. The van der Waals surface area contributed by atoms with Gasteiger partial charge in [0.05, 0.1) is 20.5 Å². The Morgan fingerprint density at radius 1 is 0.943 bits per heavy atom. The second-order valence-electron chi connectivity index (χ2n) is 7.92. The summed E-state index contributed by atoms with van der Waals surface area (Å²) in [6.45, 7) is 1.77. The van der Waals surface area contributed by atoms with Crippen LogP contribution >= 0.6 is 0 Å². The molecule has 178 valence electrons. The number of methoxy groups -OCH3 is 2. The van der Waals surface area contributed by atoms with Crippen LogP contribution in [-0.4, -0.2) is 31.2 Å². The van der Waals surface area contributed by atoms with Crippen LogP contribution in [0.15, 0.2) is 83.5 Å². The Kier molecular flexibility index (Phi) is 6.87. The number of carbonyl (C=O) groups excluding carboxylic acids is 1. The maximum atomic E-state index is 12.8. The van der Waals surface area contributed by atoms with E-state index in [1.807, 2.05) is 30.3 Å². The van der Waals surface area contributed by atoms with Crippen molar-refractivity contribution in [3.8, 4) is 22.6 Å². The van der Waals surface area contributed by atoms with Crippen molar-refractivity contribution >= 4 is 28.4 Å². The average Bonchev–Trinajstić information content (AvgIpc) is 3.29. The standard InChI is InChI=1S/C28H25NO6/c1-17(13-26(30)29-27(28(31)32)18-9-5-4-6-10-18)20-14-21-22(16-35-25(21)15-24(20)34-3)19-11-7-8-12-23(19)33-2/h4-16,27H,1-3H3,(H,29,30)(H,31,32)/b17-13+. The number of carboxylic acid groups (broad SMARTS) is 1. The number of para-hydroxylation sites is 1. The summed E-state index contributed by atoms with van der Waals surface area (Å²) in [7, 11) is 3.15. The first-order valence-corrected chi connectivity index (χ1v) is 10.9. The molecule has 0 spiro atoms. The van der Waals surface area contributed by atoms with Gasteiger partial charge in [0.1, 0.15) is 17.1 Å². The van der Waals surface area contributed by atoms with Gasteiger partial charge in [-0.05, 0) is 30.2 Å². The van der Waals surface area contributed by atoms with Crippen molar-refractivity contribution < 1.29 is 28.6 Å². The molecule has 1 atom stereocenters. The molecule has 3 aromatic carbocycles. The van der Waals surface area contributed by atoms with E-state index in [1.54, 1.807) is 56.7 Å². The molecule has 1 heterocycles. The third-order valence-electron chi connectivity index (χ3n) is 5.73. The van der Waals surface area contributed by atoms with Gasteiger partial charge in [-0.1, -0.05) is 48.5 Å². The summed E-state index contributed by atoms with van der Waals surface area (Å²) >= 11 is 0. The van der Waals surface area contributed by atoms with Crippen molar-refractivity contribution in [2.75, 3.05) is 14.2 Å². The Morgan fingerprint density at radius 3 is 2.31 bits per heavy atom. The molecule has 1 aromatic heterocycles. The number of allylic oxidation sites excluding steroid dienone is 1. The maximum Gasteiger partial charge on any atom is 0.330 e. The van der Waals surface area contributed by atoms with Gasteiger partial charge in [0.15, 0.2) is 6.04 Å². The van der Waals surface area contributed by atoms with Crippen molar-refractivity contribution in [3.05, 3.63) is 90.2 Å². The molecule has 0 radical (unpaired) electrons. The number of aliphatic carboxylic acids is 1. The number of nitrogens with one attached hydrogen (secondary N) is 1. The molecular formula is C28H25NO6. The van der Waals surface area contributed by atoms with Gasteiger partial charge in [-0.2, -0.15) is 0 Å². The monoisotopic (exact) mass is 471 g/mol. The third-order valence-corrected chi connectivity index (χ3v) is 5.73. The second kappa shape index (κ2) is 10.2. The van der Waals surface area contributed by atoms with Crippen LogP contribution in [-0.2, 0) is 9.59 Å². The Balaban J connectivity index is 1.71. The van der Waals surface area contributed by atoms with Crippen LogP contribution in [0.4, 0.5) is 0 Å². The lowest BCUT2D eigenvalue weighted by atomic mass is 9.98. The highest BCUT2D eigenvalue weighted by atomic mass is 16.5. The molecule has 0 aliphatic rings. The van der Waals surface area contributed by atoms with Gasteiger partial charge >= 0.3 is 5.97 Å². The number of ether oxygens (including phenoxy) is 2. The normalized spacial score (nSPS) is 12.3. The lowest BCUT2D eigenvalue weighted by Gasteiger charge is -2.14. The molecule has 1 unspecified atom stereocenters. The summed E-state index contributed by atoms with van der Waals surface area (Å²) in [5, 5.41) is 13.0. The molecule has 0 aliphatic heterocycles. The summed E-state index contributed by atoms with van der Waals surface area (Å²) in [5.74, 6) is -0.440. The van der Waals surface area contributed by atoms with E-state index < -0.39 is 17.9 Å². The van der Waals surface area contributed by atoms with Gasteiger partial charge in [0.25, 0.3) is 0 Å². The first kappa shape index (κ1) is 23.6. The van der Waals surface area contributed by atoms with Gasteiger partial charge in [0.2, 0.25) is 5.91 Å². The highest BCUT2D eigenvalue weighted by Gasteiger charge is 2.22. The molecular weight excluding hydrogens is 446 g/mol. The molecule has 7 nitrogen and oxygen atoms in total. The Hall–Kier alpha value is -4.52. The molecule has 0 saturated carbocycles. The van der Waals surface area contributed by atoms with Crippen molar-refractivity contribution in [1.82, 2.24) is 5.32 Å². The van der Waals surface area contributed by atoms with E-state index in [-0.39, 0.29) is 0 Å². The van der Waals surface area contributed by atoms with Gasteiger partial charge in [0, 0.05) is 34.2 Å². The average molecular weight is 472 g/mol. The number of carbonyl (C=O) groups is 2. The SMILES string of the molecule is COc1cc2occ(-c3ccccc3OC)c2cc1/C(C)=C/C(=O)NC(C(=O)O)c1ccccc1. The number of amides is 1. The van der Waals surface area contributed by atoms with E-state index >= 15 is 0 Å². The Morgan fingerprint density at radius 2 is 1.63 bits per heavy atom. The van der Waals surface area contributed by atoms with E-state index in [1.165, 1.54) is 13.2 Å². The lowest BCUT2D eigenvalue weighted by Crippen LogP contribution is -2.32. The predicted octanol–water partition coefficient (Wildman–Crippen LogP) is 5.46. The van der Waals surface area contributed by atoms with Crippen molar-refractivity contribution in [1.29, 1.82) is 0 Å². The predicted molar refractivity (Wildman–Crippen MR) is 133 cm³/mol. The minimum Gasteiger partial charge on any atom is -0.496 e. The fraction of sp³-hybridized carbons (Fsp3) is 0.143. The third kappa shape index (κ3) is 4.89. The largest absolute Gasteiger partial charge is 0.496 e. The fourth-order valence-corrected chi connectivity index (χ4v) is 4.00. The molecule has 4 aromatic rings. The topological polar surface area (TPSA) is 98.0 Å². The number of rotatable bonds is 8. The number of benzene rings is 3. The molecule has 1 amide bonds. The zero-order chi connectivity index (χ0) is 24.9. The van der Waals surface area contributed by atoms with Gasteiger partial charge in [-0.15, -0.1) is 0 Å². The van der Waals surface area contributed by atoms with E-state index in [2.05, 4.69) is 5.32 Å². The molecule has 2 N–H and O–H groups in total. The van der Waals surface area contributed by atoms with Crippen LogP contribution in [0.25, 0.3) is 27.7 Å². The van der Waals surface area contributed by atoms with E-state index in [0.717, 1.165) is 16.5 Å². The van der Waals surface area contributed by atoms with E-state index in [9.17, 15) is 14.7 Å². The van der Waals surface area contributed by atoms with Gasteiger partial charge in [-0.3, -0.25) is 4.79 Å². The van der Waals surface area contributed by atoms with E-state index in [0.29, 0.717) is 33.8 Å². The summed E-state index contributed by atoms with van der Waals surface area (Å²) < 4.78 is 16.9. The van der Waals surface area contributed by atoms with Crippen LogP contribution in [0.2, 0.25) is 0 Å². The number of furan rings is 1. The summed E-state index contributed by atoms with van der Waals surface area (Å²) in [6, 6.07) is 18.7. The summed E-state index contributed by atoms with van der Waals surface area (Å²) in [4.78, 5) is 24.5. The number of hydrogen-bond acceptors (Lipinski definition) is 5. The molecule has 0 saturated heterocycles.